The van der Waals surface area contributed by atoms with Gasteiger partial charge in [-0.3, -0.25) is 4.79 Å². The Morgan fingerprint density at radius 2 is 1.92 bits per heavy atom. The van der Waals surface area contributed by atoms with Gasteiger partial charge in [0.1, 0.15) is 0 Å². The minimum Gasteiger partial charge on any atom is -0.451 e. The first-order valence-electron chi connectivity index (χ1n) is 7.51. The number of carbonyl (C=O) groups is 2. The van der Waals surface area contributed by atoms with Crippen molar-refractivity contribution in [3.05, 3.63) is 47.7 Å². The summed E-state index contributed by atoms with van der Waals surface area (Å²) in [5.41, 5.74) is 2.49. The van der Waals surface area contributed by atoms with Crippen molar-refractivity contribution in [2.75, 3.05) is 0 Å². The maximum Gasteiger partial charge on any atom is 0.339 e. The summed E-state index contributed by atoms with van der Waals surface area (Å²) in [7, 11) is 0. The maximum absolute atomic E-state index is 12.5. The Bertz CT molecular complexity index is 915. The molecule has 122 valence electrons. The number of nitrogens with zero attached hydrogens (tertiary/aromatic N) is 2. The highest BCUT2D eigenvalue weighted by Gasteiger charge is 2.23. The third kappa shape index (κ3) is 2.90. The summed E-state index contributed by atoms with van der Waals surface area (Å²) in [6.45, 7) is 4.64. The lowest BCUT2D eigenvalue weighted by Gasteiger charge is -2.11. The number of fused-ring (bicyclic) bond motifs is 1. The van der Waals surface area contributed by atoms with Crippen molar-refractivity contribution in [1.82, 2.24) is 10.1 Å². The van der Waals surface area contributed by atoms with Gasteiger partial charge in [0.15, 0.2) is 11.9 Å². The largest absolute Gasteiger partial charge is 0.451 e. The monoisotopic (exact) mass is 324 g/mol. The molecule has 0 aliphatic carbocycles. The van der Waals surface area contributed by atoms with Crippen LogP contribution in [0.1, 0.15) is 29.9 Å². The summed E-state index contributed by atoms with van der Waals surface area (Å²) < 4.78 is 10.5. The molecule has 1 atom stereocenters. The Balaban J connectivity index is 2.12. The second-order valence-electron chi connectivity index (χ2n) is 5.53. The number of aryl methyl sites for hydroxylation is 1. The first-order chi connectivity index (χ1) is 11.5. The third-order valence-electron chi connectivity index (χ3n) is 3.76. The molecule has 6 nitrogen and oxygen atoms in total. The number of ketones is 1. The van der Waals surface area contributed by atoms with E-state index in [0.717, 1.165) is 5.56 Å². The Labute approximate surface area is 138 Å². The molecule has 0 N–H and O–H groups in total. The van der Waals surface area contributed by atoms with E-state index in [-0.39, 0.29) is 17.1 Å². The summed E-state index contributed by atoms with van der Waals surface area (Å²) in [6.07, 6.45) is -0.818. The molecule has 0 saturated carbocycles. The SMILES string of the molecule is CC(=O)C(C)OC(=O)c1cc(-c2ccccc2)nc2onc(C)c12. The predicted octanol–water partition coefficient (Wildman–Crippen LogP) is 3.33. The topological polar surface area (TPSA) is 82.3 Å². The molecule has 2 heterocycles. The van der Waals surface area contributed by atoms with E-state index in [9.17, 15) is 9.59 Å². The number of hydrogen-bond acceptors (Lipinski definition) is 6. The Kier molecular flexibility index (Phi) is 4.12. The van der Waals surface area contributed by atoms with Gasteiger partial charge in [-0.15, -0.1) is 0 Å². The molecular formula is C18H16N2O4. The van der Waals surface area contributed by atoms with Crippen LogP contribution in [0.15, 0.2) is 40.9 Å². The van der Waals surface area contributed by atoms with Crippen molar-refractivity contribution in [1.29, 1.82) is 0 Å². The van der Waals surface area contributed by atoms with Crippen molar-refractivity contribution in [2.45, 2.75) is 26.9 Å². The number of esters is 1. The maximum atomic E-state index is 12.5. The van der Waals surface area contributed by atoms with Crippen LogP contribution in [0.4, 0.5) is 0 Å². The fraction of sp³-hybridized carbons (Fsp3) is 0.222. The van der Waals surface area contributed by atoms with E-state index in [0.29, 0.717) is 16.8 Å². The van der Waals surface area contributed by atoms with Crippen molar-refractivity contribution >= 4 is 22.9 Å². The van der Waals surface area contributed by atoms with Crippen molar-refractivity contribution < 1.29 is 18.8 Å². The molecule has 0 spiro atoms. The van der Waals surface area contributed by atoms with Gasteiger partial charge in [-0.2, -0.15) is 0 Å². The van der Waals surface area contributed by atoms with Gasteiger partial charge in [-0.05, 0) is 26.8 Å². The molecule has 6 heteroatoms. The molecule has 0 amide bonds. The summed E-state index contributed by atoms with van der Waals surface area (Å²) in [5, 5.41) is 4.37. The summed E-state index contributed by atoms with van der Waals surface area (Å²) >= 11 is 0. The van der Waals surface area contributed by atoms with Gasteiger partial charge < -0.3 is 9.26 Å². The molecule has 1 unspecified atom stereocenters. The van der Waals surface area contributed by atoms with Gasteiger partial charge in [0.25, 0.3) is 5.71 Å². The minimum absolute atomic E-state index is 0.223. The van der Waals surface area contributed by atoms with E-state index in [1.54, 1.807) is 13.0 Å². The third-order valence-corrected chi connectivity index (χ3v) is 3.76. The number of hydrogen-bond donors (Lipinski definition) is 0. The summed E-state index contributed by atoms with van der Waals surface area (Å²) in [6, 6.07) is 11.0. The summed E-state index contributed by atoms with van der Waals surface area (Å²) in [5.74, 6) is -0.826. The van der Waals surface area contributed by atoms with E-state index < -0.39 is 12.1 Å². The quantitative estimate of drug-likeness (QED) is 0.685. The van der Waals surface area contributed by atoms with E-state index in [4.69, 9.17) is 9.26 Å². The second kappa shape index (κ2) is 6.23. The smallest absolute Gasteiger partial charge is 0.339 e. The lowest BCUT2D eigenvalue weighted by Crippen LogP contribution is -2.22. The predicted molar refractivity (Wildman–Crippen MR) is 87.5 cm³/mol. The zero-order valence-electron chi connectivity index (χ0n) is 13.6. The summed E-state index contributed by atoms with van der Waals surface area (Å²) in [4.78, 5) is 28.3. The van der Waals surface area contributed by atoms with Crippen LogP contribution in [-0.4, -0.2) is 28.0 Å². The highest BCUT2D eigenvalue weighted by Crippen LogP contribution is 2.27. The van der Waals surface area contributed by atoms with Crippen LogP contribution in [0, 0.1) is 6.92 Å². The van der Waals surface area contributed by atoms with Gasteiger partial charge in [0.05, 0.1) is 22.3 Å². The van der Waals surface area contributed by atoms with Crippen molar-refractivity contribution in [2.24, 2.45) is 0 Å². The lowest BCUT2D eigenvalue weighted by molar-refractivity contribution is -0.124. The van der Waals surface area contributed by atoms with Crippen LogP contribution in [0.5, 0.6) is 0 Å². The average Bonchev–Trinajstić information content (AvgIpc) is 2.96. The van der Waals surface area contributed by atoms with Crippen LogP contribution >= 0.6 is 0 Å². The molecule has 24 heavy (non-hydrogen) atoms. The highest BCUT2D eigenvalue weighted by molar-refractivity contribution is 6.05. The van der Waals surface area contributed by atoms with E-state index in [2.05, 4.69) is 10.1 Å². The first kappa shape index (κ1) is 15.9. The highest BCUT2D eigenvalue weighted by atomic mass is 16.5. The van der Waals surface area contributed by atoms with Crippen LogP contribution in [0.25, 0.3) is 22.4 Å². The van der Waals surface area contributed by atoms with Gasteiger partial charge in [0.2, 0.25) is 0 Å². The normalized spacial score (nSPS) is 12.1. The molecular weight excluding hydrogens is 308 g/mol. The molecule has 2 aromatic heterocycles. The fourth-order valence-corrected chi connectivity index (χ4v) is 2.32. The Morgan fingerprint density at radius 3 is 2.58 bits per heavy atom. The molecule has 0 fully saturated rings. The standard InChI is InChI=1S/C18H16N2O4/c1-10-16-14(18(22)23-12(3)11(2)21)9-15(19-17(16)24-20-10)13-7-5-4-6-8-13/h4-9,12H,1-3H3. The zero-order chi connectivity index (χ0) is 17.3. The second-order valence-corrected chi connectivity index (χ2v) is 5.53. The van der Waals surface area contributed by atoms with Gasteiger partial charge in [0, 0.05) is 5.56 Å². The molecule has 0 radical (unpaired) electrons. The van der Waals surface area contributed by atoms with Crippen LogP contribution in [0.2, 0.25) is 0 Å². The minimum atomic E-state index is -0.818. The number of Topliss-reactive ketones (excluding diaryl/α,β-unsaturated/α-hetero) is 1. The van der Waals surface area contributed by atoms with Gasteiger partial charge in [-0.25, -0.2) is 9.78 Å². The van der Waals surface area contributed by atoms with E-state index in [1.807, 2.05) is 30.3 Å². The average molecular weight is 324 g/mol. The molecule has 3 aromatic rings. The number of ether oxygens (including phenoxy) is 1. The molecule has 0 bridgehead atoms. The number of carbonyl (C=O) groups excluding carboxylic acids is 2. The number of rotatable bonds is 4. The Morgan fingerprint density at radius 1 is 1.21 bits per heavy atom. The molecule has 3 rings (SSSR count). The molecule has 0 aliphatic rings. The fourth-order valence-electron chi connectivity index (χ4n) is 2.32. The van der Waals surface area contributed by atoms with Crippen LogP contribution in [-0.2, 0) is 9.53 Å². The van der Waals surface area contributed by atoms with E-state index >= 15 is 0 Å². The molecule has 1 aromatic carbocycles. The zero-order valence-corrected chi connectivity index (χ0v) is 13.6. The molecule has 0 aliphatic heterocycles. The Hall–Kier alpha value is -3.02. The van der Waals surface area contributed by atoms with Crippen molar-refractivity contribution in [3.8, 4) is 11.3 Å². The van der Waals surface area contributed by atoms with Gasteiger partial charge >= 0.3 is 5.97 Å². The van der Waals surface area contributed by atoms with Crippen LogP contribution < -0.4 is 0 Å². The lowest BCUT2D eigenvalue weighted by atomic mass is 10.1. The first-order valence-corrected chi connectivity index (χ1v) is 7.51. The molecule has 0 saturated heterocycles. The van der Waals surface area contributed by atoms with E-state index in [1.165, 1.54) is 13.8 Å². The number of benzene rings is 1. The van der Waals surface area contributed by atoms with Gasteiger partial charge in [-0.1, -0.05) is 35.5 Å². The van der Waals surface area contributed by atoms with Crippen LogP contribution in [0.3, 0.4) is 0 Å². The number of pyridine rings is 1. The van der Waals surface area contributed by atoms with Crippen molar-refractivity contribution in [3.63, 3.8) is 0 Å². The number of aromatic nitrogens is 2.